The molecule has 0 unspecified atom stereocenters. The topological polar surface area (TPSA) is 123 Å². The number of nitrogens with one attached hydrogen (secondary N) is 1. The van der Waals surface area contributed by atoms with Crippen LogP contribution >= 0.6 is 11.3 Å². The van der Waals surface area contributed by atoms with Crippen LogP contribution in [0.3, 0.4) is 0 Å². The molecule has 4 rings (SSSR count). The van der Waals surface area contributed by atoms with Gasteiger partial charge in [-0.25, -0.2) is 14.8 Å². The van der Waals surface area contributed by atoms with Crippen LogP contribution in [0.4, 0.5) is 5.82 Å². The molecule has 0 aliphatic rings. The van der Waals surface area contributed by atoms with Crippen LogP contribution in [0.2, 0.25) is 0 Å². The van der Waals surface area contributed by atoms with Crippen molar-refractivity contribution in [3.63, 3.8) is 0 Å². The van der Waals surface area contributed by atoms with Gasteiger partial charge >= 0.3 is 5.97 Å². The highest BCUT2D eigenvalue weighted by atomic mass is 32.1. The van der Waals surface area contributed by atoms with Crippen molar-refractivity contribution in [3.05, 3.63) is 51.9 Å². The van der Waals surface area contributed by atoms with Gasteiger partial charge < -0.3 is 19.5 Å². The zero-order valence-electron chi connectivity index (χ0n) is 20.0. The second-order valence-electron chi connectivity index (χ2n) is 7.96. The Morgan fingerprint density at radius 2 is 2.03 bits per heavy atom. The van der Waals surface area contributed by atoms with E-state index in [1.165, 1.54) is 0 Å². The molecule has 35 heavy (non-hydrogen) atoms. The number of hydrogen-bond acceptors (Lipinski definition) is 10. The molecule has 0 saturated heterocycles. The molecule has 1 amide bonds. The maximum Gasteiger partial charge on any atom is 0.350 e. The summed E-state index contributed by atoms with van der Waals surface area (Å²) in [6.45, 7) is 6.59. The molecule has 3 heterocycles. The molecule has 0 spiro atoms. The maximum atomic E-state index is 12.9. The number of amides is 1. The van der Waals surface area contributed by atoms with Crippen molar-refractivity contribution in [1.29, 1.82) is 0 Å². The number of rotatable bonds is 9. The summed E-state index contributed by atoms with van der Waals surface area (Å²) >= 11 is 1.06. The standard InChI is InChI=1S/C24H26N6O4S/c1-5-12-33-24(32)19-14(2)27-22(35-19)23(31)30(4)11-10-26-21-18-13-17(20-28-15(3)34-29-20)7-6-16(18)8-9-25-21/h6-9,13H,5,10-12H2,1-4H3,(H,25,26). The second kappa shape index (κ2) is 10.6. The van der Waals surface area contributed by atoms with Crippen LogP contribution in [-0.4, -0.2) is 63.6 Å². The molecule has 4 aromatic rings. The molecule has 1 aromatic carbocycles. The lowest BCUT2D eigenvalue weighted by atomic mass is 10.1. The average Bonchev–Trinajstić information content (AvgIpc) is 3.47. The number of likely N-dealkylation sites (N-methyl/N-ethyl adjacent to an activating group) is 1. The van der Waals surface area contributed by atoms with Gasteiger partial charge in [0.15, 0.2) is 5.01 Å². The number of thiazole rings is 1. The molecule has 0 saturated carbocycles. The molecule has 0 fully saturated rings. The quantitative estimate of drug-likeness (QED) is 0.342. The minimum absolute atomic E-state index is 0.255. The van der Waals surface area contributed by atoms with E-state index in [1.807, 2.05) is 31.2 Å². The van der Waals surface area contributed by atoms with Gasteiger partial charge in [0.25, 0.3) is 5.91 Å². The van der Waals surface area contributed by atoms with E-state index < -0.39 is 5.97 Å². The first-order valence-corrected chi connectivity index (χ1v) is 12.0. The Hall–Kier alpha value is -3.86. The van der Waals surface area contributed by atoms with E-state index in [1.54, 1.807) is 32.0 Å². The number of hydrogen-bond donors (Lipinski definition) is 1. The third kappa shape index (κ3) is 5.46. The minimum atomic E-state index is -0.442. The summed E-state index contributed by atoms with van der Waals surface area (Å²) in [5.74, 6) is 1.01. The molecular weight excluding hydrogens is 468 g/mol. The second-order valence-corrected chi connectivity index (χ2v) is 8.95. The third-order valence-corrected chi connectivity index (χ3v) is 6.37. The number of aryl methyl sites for hydroxylation is 2. The van der Waals surface area contributed by atoms with Gasteiger partial charge in [-0.15, -0.1) is 11.3 Å². The number of benzene rings is 1. The highest BCUT2D eigenvalue weighted by Gasteiger charge is 2.22. The van der Waals surface area contributed by atoms with Gasteiger partial charge in [0.1, 0.15) is 10.7 Å². The van der Waals surface area contributed by atoms with E-state index >= 15 is 0 Å². The zero-order valence-corrected chi connectivity index (χ0v) is 20.8. The fraction of sp³-hybridized carbons (Fsp3) is 0.333. The number of esters is 1. The largest absolute Gasteiger partial charge is 0.461 e. The lowest BCUT2D eigenvalue weighted by Crippen LogP contribution is -2.31. The number of aromatic nitrogens is 4. The molecule has 3 aromatic heterocycles. The fourth-order valence-electron chi connectivity index (χ4n) is 3.41. The fourth-order valence-corrected chi connectivity index (χ4v) is 4.36. The predicted molar refractivity (Wildman–Crippen MR) is 133 cm³/mol. The molecule has 0 atom stereocenters. The summed E-state index contributed by atoms with van der Waals surface area (Å²) in [6.07, 6.45) is 2.46. The van der Waals surface area contributed by atoms with Crippen LogP contribution in [0.1, 0.15) is 44.4 Å². The molecule has 0 aliphatic heterocycles. The van der Waals surface area contributed by atoms with Crippen molar-refractivity contribution in [3.8, 4) is 11.4 Å². The first-order valence-electron chi connectivity index (χ1n) is 11.2. The minimum Gasteiger partial charge on any atom is -0.461 e. The van der Waals surface area contributed by atoms with Gasteiger partial charge in [0.05, 0.1) is 12.3 Å². The average molecular weight is 495 g/mol. The van der Waals surface area contributed by atoms with Gasteiger partial charge in [-0.1, -0.05) is 24.2 Å². The van der Waals surface area contributed by atoms with Crippen LogP contribution in [0.15, 0.2) is 35.0 Å². The molecule has 0 radical (unpaired) electrons. The third-order valence-electron chi connectivity index (χ3n) is 5.24. The van der Waals surface area contributed by atoms with Crippen LogP contribution < -0.4 is 5.32 Å². The summed E-state index contributed by atoms with van der Waals surface area (Å²) in [5, 5.41) is 9.47. The van der Waals surface area contributed by atoms with Gasteiger partial charge in [-0.3, -0.25) is 4.79 Å². The number of fused-ring (bicyclic) bond motifs is 1. The summed E-state index contributed by atoms with van der Waals surface area (Å²) in [7, 11) is 1.70. The van der Waals surface area contributed by atoms with Crippen molar-refractivity contribution in [1.82, 2.24) is 25.0 Å². The van der Waals surface area contributed by atoms with E-state index in [4.69, 9.17) is 9.26 Å². The number of carbonyl (C=O) groups is 2. The maximum absolute atomic E-state index is 12.9. The lowest BCUT2D eigenvalue weighted by Gasteiger charge is -2.17. The van der Waals surface area contributed by atoms with Gasteiger partial charge in [-0.2, -0.15) is 4.98 Å². The Morgan fingerprint density at radius 3 is 2.77 bits per heavy atom. The summed E-state index contributed by atoms with van der Waals surface area (Å²) in [6, 6.07) is 7.80. The summed E-state index contributed by atoms with van der Waals surface area (Å²) < 4.78 is 10.3. The van der Waals surface area contributed by atoms with Crippen LogP contribution in [0, 0.1) is 13.8 Å². The normalized spacial score (nSPS) is 11.0. The summed E-state index contributed by atoms with van der Waals surface area (Å²) in [5.41, 5.74) is 1.32. The molecular formula is C24H26N6O4S. The number of carbonyl (C=O) groups excluding carboxylic acids is 2. The van der Waals surface area contributed by atoms with Crippen molar-refractivity contribution in [2.45, 2.75) is 27.2 Å². The predicted octanol–water partition coefficient (Wildman–Crippen LogP) is 4.11. The molecule has 11 heteroatoms. The number of ether oxygens (including phenoxy) is 1. The Morgan fingerprint density at radius 1 is 1.20 bits per heavy atom. The molecule has 1 N–H and O–H groups in total. The van der Waals surface area contributed by atoms with E-state index in [9.17, 15) is 9.59 Å². The van der Waals surface area contributed by atoms with E-state index in [0.29, 0.717) is 47.8 Å². The van der Waals surface area contributed by atoms with Crippen LogP contribution in [-0.2, 0) is 4.74 Å². The van der Waals surface area contributed by atoms with Crippen molar-refractivity contribution in [2.75, 3.05) is 32.1 Å². The highest BCUT2D eigenvalue weighted by Crippen LogP contribution is 2.27. The Balaban J connectivity index is 1.42. The molecule has 182 valence electrons. The Kier molecular flexibility index (Phi) is 7.35. The highest BCUT2D eigenvalue weighted by molar-refractivity contribution is 7.15. The number of nitrogens with zero attached hydrogens (tertiary/aromatic N) is 5. The monoisotopic (exact) mass is 494 g/mol. The van der Waals surface area contributed by atoms with Crippen molar-refractivity contribution in [2.24, 2.45) is 0 Å². The van der Waals surface area contributed by atoms with E-state index in [2.05, 4.69) is 25.4 Å². The van der Waals surface area contributed by atoms with E-state index in [0.717, 1.165) is 34.1 Å². The zero-order chi connectivity index (χ0) is 24.9. The van der Waals surface area contributed by atoms with Crippen molar-refractivity contribution < 1.29 is 18.8 Å². The van der Waals surface area contributed by atoms with Crippen LogP contribution in [0.25, 0.3) is 22.2 Å². The van der Waals surface area contributed by atoms with Gasteiger partial charge in [0.2, 0.25) is 11.7 Å². The Labute approximate surface area is 206 Å². The first kappa shape index (κ1) is 24.3. The lowest BCUT2D eigenvalue weighted by molar-refractivity contribution is 0.0509. The number of anilines is 1. The van der Waals surface area contributed by atoms with Crippen molar-refractivity contribution >= 4 is 39.8 Å². The smallest absolute Gasteiger partial charge is 0.350 e. The number of pyridine rings is 1. The SMILES string of the molecule is CCCOC(=O)c1sc(C(=O)N(C)CCNc2nccc3ccc(-c4noc(C)n4)cc23)nc1C. The first-order chi connectivity index (χ1) is 16.9. The van der Waals surface area contributed by atoms with E-state index in [-0.39, 0.29) is 10.9 Å². The van der Waals surface area contributed by atoms with Gasteiger partial charge in [0, 0.05) is 44.2 Å². The molecule has 0 bridgehead atoms. The van der Waals surface area contributed by atoms with Gasteiger partial charge in [-0.05, 0) is 30.9 Å². The summed E-state index contributed by atoms with van der Waals surface area (Å²) in [4.78, 5) is 40.0. The Bertz CT molecular complexity index is 1370. The molecule has 10 nitrogen and oxygen atoms in total. The molecule has 0 aliphatic carbocycles. The van der Waals surface area contributed by atoms with Crippen LogP contribution in [0.5, 0.6) is 0 Å².